The largest absolute Gasteiger partial charge is 0.500 e. The molecule has 1 heterocycles. The van der Waals surface area contributed by atoms with Crippen LogP contribution in [0.3, 0.4) is 0 Å². The number of phenolic OH excluding ortho intramolecular Hbond substituents is 1. The molecule has 1 aromatic heterocycles. The van der Waals surface area contributed by atoms with Crippen molar-refractivity contribution in [3.8, 4) is 11.5 Å². The zero-order valence-corrected chi connectivity index (χ0v) is 16.7. The highest BCUT2D eigenvalue weighted by Crippen LogP contribution is 2.36. The van der Waals surface area contributed by atoms with Crippen molar-refractivity contribution in [3.05, 3.63) is 69.5 Å². The van der Waals surface area contributed by atoms with Crippen LogP contribution in [0.4, 0.5) is 5.69 Å². The molecular weight excluding hydrogens is 394 g/mol. The van der Waals surface area contributed by atoms with Gasteiger partial charge >= 0.3 is 5.69 Å². The van der Waals surface area contributed by atoms with Crippen molar-refractivity contribution >= 4 is 23.7 Å². The molecule has 0 bridgehead atoms. The summed E-state index contributed by atoms with van der Waals surface area (Å²) in [6.45, 7) is 1.98. The third kappa shape index (κ3) is 4.72. The first-order valence-corrected chi connectivity index (χ1v) is 9.96. The lowest BCUT2D eigenvalue weighted by Gasteiger charge is -2.07. The lowest BCUT2D eigenvalue weighted by molar-refractivity contribution is -0.386. The molecule has 29 heavy (non-hydrogen) atoms. The van der Waals surface area contributed by atoms with Gasteiger partial charge in [0.15, 0.2) is 11.6 Å². The highest BCUT2D eigenvalue weighted by molar-refractivity contribution is 7.98. The van der Waals surface area contributed by atoms with Gasteiger partial charge < -0.3 is 9.84 Å². The van der Waals surface area contributed by atoms with Crippen LogP contribution in [-0.2, 0) is 6.42 Å². The fraction of sp³-hybridized carbons (Fsp3) is 0.211. The monoisotopic (exact) mass is 413 g/mol. The van der Waals surface area contributed by atoms with E-state index in [2.05, 4.69) is 15.3 Å². The van der Waals surface area contributed by atoms with Gasteiger partial charge in [-0.05, 0) is 24.8 Å². The van der Waals surface area contributed by atoms with Crippen LogP contribution in [-0.4, -0.2) is 44.0 Å². The molecule has 0 atom stereocenters. The van der Waals surface area contributed by atoms with Gasteiger partial charge in [-0.15, -0.1) is 10.2 Å². The zero-order valence-electron chi connectivity index (χ0n) is 15.8. The van der Waals surface area contributed by atoms with Gasteiger partial charge in [-0.2, -0.15) is 9.78 Å². The first-order valence-electron chi connectivity index (χ1n) is 8.74. The molecule has 0 spiro atoms. The van der Waals surface area contributed by atoms with Crippen LogP contribution in [0.25, 0.3) is 0 Å². The second-order valence-corrected chi connectivity index (χ2v) is 6.67. The predicted octanol–water partition coefficient (Wildman–Crippen LogP) is 3.49. The number of hydrogen-bond donors (Lipinski definition) is 1. The van der Waals surface area contributed by atoms with Crippen molar-refractivity contribution in [1.29, 1.82) is 0 Å². The molecule has 2 aromatic carbocycles. The molecule has 10 heteroatoms. The lowest BCUT2D eigenvalue weighted by atomic mass is 10.1. The Balaban J connectivity index is 1.97. The minimum Gasteiger partial charge on any atom is -0.500 e. The molecule has 0 unspecified atom stereocenters. The van der Waals surface area contributed by atoms with Crippen LogP contribution in [0.5, 0.6) is 11.5 Å². The van der Waals surface area contributed by atoms with E-state index in [0.29, 0.717) is 23.0 Å². The van der Waals surface area contributed by atoms with E-state index in [1.807, 2.05) is 36.6 Å². The minimum atomic E-state index is -0.665. The first kappa shape index (κ1) is 20.3. The Morgan fingerprint density at radius 1 is 1.31 bits per heavy atom. The first-order chi connectivity index (χ1) is 14.0. The van der Waals surface area contributed by atoms with Crippen LogP contribution >= 0.6 is 11.8 Å². The highest BCUT2D eigenvalue weighted by Gasteiger charge is 2.20. The summed E-state index contributed by atoms with van der Waals surface area (Å²) >= 11 is 1.39. The van der Waals surface area contributed by atoms with Crippen LogP contribution in [0, 0.1) is 10.1 Å². The number of rotatable bonds is 8. The van der Waals surface area contributed by atoms with Gasteiger partial charge in [0.25, 0.3) is 0 Å². The molecule has 3 aromatic rings. The summed E-state index contributed by atoms with van der Waals surface area (Å²) in [6.07, 6.45) is 3.85. The van der Waals surface area contributed by atoms with Gasteiger partial charge in [0.05, 0.1) is 17.7 Å². The van der Waals surface area contributed by atoms with Gasteiger partial charge in [0.2, 0.25) is 10.9 Å². The summed E-state index contributed by atoms with van der Waals surface area (Å²) in [5.74, 6) is 0.157. The fourth-order valence-electron chi connectivity index (χ4n) is 2.65. The number of ether oxygens (including phenoxy) is 1. The molecule has 1 N–H and O–H groups in total. The number of nitro benzene ring substituents is 1. The van der Waals surface area contributed by atoms with E-state index in [0.717, 1.165) is 5.56 Å². The molecule has 3 rings (SSSR count). The third-order valence-corrected chi connectivity index (χ3v) is 4.58. The third-order valence-electron chi connectivity index (χ3n) is 3.96. The lowest BCUT2D eigenvalue weighted by Crippen LogP contribution is -2.02. The number of nitro groups is 1. The SMILES string of the molecule is CCOc1cc(/C=N\n2c(Cc3ccccc3)nnc2SC)cc([N+](=O)[O-])c1O. The van der Waals surface area contributed by atoms with Crippen LogP contribution in [0.15, 0.2) is 52.7 Å². The summed E-state index contributed by atoms with van der Waals surface area (Å²) in [7, 11) is 0. The van der Waals surface area contributed by atoms with E-state index in [-0.39, 0.29) is 12.4 Å². The molecule has 0 fully saturated rings. The van der Waals surface area contributed by atoms with Crippen LogP contribution < -0.4 is 4.74 Å². The topological polar surface area (TPSA) is 116 Å². The van der Waals surface area contributed by atoms with Gasteiger partial charge in [0.1, 0.15) is 0 Å². The maximum Gasteiger partial charge on any atom is 0.315 e. The summed E-state index contributed by atoms with van der Waals surface area (Å²) in [5, 5.41) is 34.6. The quantitative estimate of drug-likeness (QED) is 0.260. The number of hydrogen-bond acceptors (Lipinski definition) is 8. The number of aromatic hydroxyl groups is 1. The Kier molecular flexibility index (Phi) is 6.45. The van der Waals surface area contributed by atoms with Crippen molar-refractivity contribution in [3.63, 3.8) is 0 Å². The smallest absolute Gasteiger partial charge is 0.315 e. The number of benzene rings is 2. The number of phenols is 1. The van der Waals surface area contributed by atoms with Crippen molar-refractivity contribution in [2.75, 3.05) is 12.9 Å². The Morgan fingerprint density at radius 3 is 2.72 bits per heavy atom. The Bertz CT molecular complexity index is 1040. The van der Waals surface area contributed by atoms with Crippen molar-refractivity contribution in [2.24, 2.45) is 5.10 Å². The molecule has 0 aliphatic rings. The fourth-order valence-corrected chi connectivity index (χ4v) is 3.09. The molecule has 150 valence electrons. The normalized spacial score (nSPS) is 11.1. The second kappa shape index (κ2) is 9.20. The Hall–Kier alpha value is -3.40. The second-order valence-electron chi connectivity index (χ2n) is 5.90. The molecule has 0 saturated heterocycles. The minimum absolute atomic E-state index is 0.0292. The van der Waals surface area contributed by atoms with Crippen molar-refractivity contribution in [1.82, 2.24) is 14.9 Å². The van der Waals surface area contributed by atoms with E-state index in [4.69, 9.17) is 4.74 Å². The van der Waals surface area contributed by atoms with Crippen molar-refractivity contribution in [2.45, 2.75) is 18.5 Å². The maximum absolute atomic E-state index is 11.2. The number of aromatic nitrogens is 3. The molecule has 0 radical (unpaired) electrons. The van der Waals surface area contributed by atoms with E-state index >= 15 is 0 Å². The van der Waals surface area contributed by atoms with Crippen molar-refractivity contribution < 1.29 is 14.8 Å². The molecule has 9 nitrogen and oxygen atoms in total. The molecule has 0 amide bonds. The van der Waals surface area contributed by atoms with Gasteiger partial charge in [-0.25, -0.2) is 0 Å². The summed E-state index contributed by atoms with van der Waals surface area (Å²) in [5.41, 5.74) is 1.02. The van der Waals surface area contributed by atoms with Gasteiger partial charge in [-0.1, -0.05) is 42.1 Å². The molecule has 0 aliphatic carbocycles. The molecule has 0 aliphatic heterocycles. The van der Waals surface area contributed by atoms with Crippen LogP contribution in [0.2, 0.25) is 0 Å². The van der Waals surface area contributed by atoms with Gasteiger partial charge in [-0.3, -0.25) is 10.1 Å². The predicted molar refractivity (Wildman–Crippen MR) is 110 cm³/mol. The van der Waals surface area contributed by atoms with E-state index in [9.17, 15) is 15.2 Å². The number of thioether (sulfide) groups is 1. The number of nitrogens with zero attached hydrogens (tertiary/aromatic N) is 5. The average Bonchev–Trinajstić information content (AvgIpc) is 3.10. The Labute approximate surface area is 171 Å². The standard InChI is InChI=1S/C19H19N5O4S/c1-3-28-16-10-14(9-15(18(16)25)24(26)27)12-20-23-17(21-22-19(23)29-2)11-13-7-5-4-6-8-13/h4-10,12,25H,3,11H2,1-2H3/b20-12-. The highest BCUT2D eigenvalue weighted by atomic mass is 32.2. The maximum atomic E-state index is 11.2. The van der Waals surface area contributed by atoms with E-state index < -0.39 is 16.4 Å². The molecule has 0 saturated carbocycles. The summed E-state index contributed by atoms with van der Waals surface area (Å²) < 4.78 is 6.90. The average molecular weight is 413 g/mol. The van der Waals surface area contributed by atoms with Crippen LogP contribution in [0.1, 0.15) is 23.9 Å². The summed E-state index contributed by atoms with van der Waals surface area (Å²) in [4.78, 5) is 10.6. The van der Waals surface area contributed by atoms with Gasteiger partial charge in [0, 0.05) is 18.1 Å². The molecular formula is C19H19N5O4S. The van der Waals surface area contributed by atoms with E-state index in [1.54, 1.807) is 11.6 Å². The summed E-state index contributed by atoms with van der Waals surface area (Å²) in [6, 6.07) is 12.5. The van der Waals surface area contributed by atoms with E-state index in [1.165, 1.54) is 30.1 Å². The Morgan fingerprint density at radius 2 is 2.07 bits per heavy atom. The zero-order chi connectivity index (χ0) is 20.8.